The van der Waals surface area contributed by atoms with Crippen molar-refractivity contribution in [3.63, 3.8) is 0 Å². The van der Waals surface area contributed by atoms with E-state index in [1.54, 1.807) is 0 Å². The van der Waals surface area contributed by atoms with Crippen molar-refractivity contribution in [3.8, 4) is 11.1 Å². The summed E-state index contributed by atoms with van der Waals surface area (Å²) in [5.41, 5.74) is 5.45. The van der Waals surface area contributed by atoms with E-state index in [2.05, 4.69) is 97.1 Å². The lowest BCUT2D eigenvalue weighted by molar-refractivity contribution is 1.50. The molecule has 28 heavy (non-hydrogen) atoms. The van der Waals surface area contributed by atoms with E-state index >= 15 is 0 Å². The van der Waals surface area contributed by atoms with Crippen molar-refractivity contribution in [1.82, 2.24) is 0 Å². The molecule has 2 aliphatic carbocycles. The zero-order valence-electron chi connectivity index (χ0n) is 15.2. The van der Waals surface area contributed by atoms with Gasteiger partial charge in [-0.1, -0.05) is 72.8 Å². The van der Waals surface area contributed by atoms with Gasteiger partial charge in [0.1, 0.15) is 0 Å². The summed E-state index contributed by atoms with van der Waals surface area (Å²) in [6.07, 6.45) is 4.76. The van der Waals surface area contributed by atoms with Gasteiger partial charge in [0.2, 0.25) is 0 Å². The molecule has 5 aromatic carbocycles. The van der Waals surface area contributed by atoms with Gasteiger partial charge >= 0.3 is 0 Å². The Balaban J connectivity index is 1.86. The van der Waals surface area contributed by atoms with Gasteiger partial charge in [0.05, 0.1) is 0 Å². The van der Waals surface area contributed by atoms with E-state index in [0.717, 1.165) is 0 Å². The molecule has 0 N–H and O–H groups in total. The minimum Gasteiger partial charge on any atom is -0.0616 e. The van der Waals surface area contributed by atoms with Gasteiger partial charge < -0.3 is 0 Å². The highest BCUT2D eigenvalue weighted by Crippen LogP contribution is 2.36. The third kappa shape index (κ3) is 1.70. The second-order valence-electron chi connectivity index (χ2n) is 7.79. The molecule has 0 unspecified atom stereocenters. The maximum Gasteiger partial charge on any atom is -0.00197 e. The summed E-state index contributed by atoms with van der Waals surface area (Å²) in [5.74, 6) is 0. The van der Waals surface area contributed by atoms with Gasteiger partial charge in [0, 0.05) is 0 Å². The van der Waals surface area contributed by atoms with E-state index in [9.17, 15) is 0 Å². The average molecular weight is 352 g/mol. The summed E-state index contributed by atoms with van der Waals surface area (Å²) < 4.78 is 0. The molecule has 0 bridgehead atoms. The number of rotatable bonds is 0. The molecule has 7 rings (SSSR count). The fourth-order valence-corrected chi connectivity index (χ4v) is 5.11. The Labute approximate surface area is 162 Å². The molecule has 0 amide bonds. The summed E-state index contributed by atoms with van der Waals surface area (Å²) in [6.45, 7) is 0. The first-order valence-electron chi connectivity index (χ1n) is 9.79. The van der Waals surface area contributed by atoms with Crippen molar-refractivity contribution in [3.05, 3.63) is 117 Å². The third-order valence-corrected chi connectivity index (χ3v) is 6.31. The molecule has 0 heterocycles. The highest BCUT2D eigenvalue weighted by Gasteiger charge is 2.21. The third-order valence-electron chi connectivity index (χ3n) is 6.31. The first-order chi connectivity index (χ1) is 13.9. The fourth-order valence-electron chi connectivity index (χ4n) is 5.11. The van der Waals surface area contributed by atoms with Crippen LogP contribution >= 0.6 is 0 Å². The Hall–Kier alpha value is -3.64. The maximum absolute atomic E-state index is 2.39. The van der Waals surface area contributed by atoms with Crippen LogP contribution in [0.1, 0.15) is 11.1 Å². The number of hydrogen-bond acceptors (Lipinski definition) is 0. The maximum atomic E-state index is 2.39. The zero-order chi connectivity index (χ0) is 18.2. The fraction of sp³-hybridized carbons (Fsp3) is 0. The second kappa shape index (κ2) is 4.99. The molecule has 0 fully saturated rings. The molecule has 0 nitrogen and oxygen atoms in total. The highest BCUT2D eigenvalue weighted by molar-refractivity contribution is 6.05. The van der Waals surface area contributed by atoms with Crippen LogP contribution in [-0.2, 0) is 0 Å². The molecule has 0 saturated carbocycles. The number of hydrogen-bond donors (Lipinski definition) is 0. The van der Waals surface area contributed by atoms with Gasteiger partial charge in [-0.25, -0.2) is 0 Å². The van der Waals surface area contributed by atoms with Crippen LogP contribution in [0.3, 0.4) is 0 Å². The summed E-state index contributed by atoms with van der Waals surface area (Å²) in [4.78, 5) is 0. The van der Waals surface area contributed by atoms with Gasteiger partial charge in [-0.05, 0) is 89.0 Å². The van der Waals surface area contributed by atoms with Crippen LogP contribution in [0, 0.1) is 10.4 Å². The molecule has 0 saturated heterocycles. The summed E-state index contributed by atoms with van der Waals surface area (Å²) in [6, 6.07) is 31.0. The summed E-state index contributed by atoms with van der Waals surface area (Å²) in [7, 11) is 0. The molecule has 128 valence electrons. The molecular formula is C28H16. The number of fused-ring (bicyclic) bond motifs is 10. The van der Waals surface area contributed by atoms with Crippen molar-refractivity contribution >= 4 is 33.7 Å². The van der Waals surface area contributed by atoms with Crippen molar-refractivity contribution in [1.29, 1.82) is 0 Å². The first-order valence-corrected chi connectivity index (χ1v) is 9.79. The Morgan fingerprint density at radius 1 is 0.571 bits per heavy atom. The van der Waals surface area contributed by atoms with Gasteiger partial charge in [-0.3, -0.25) is 0 Å². The van der Waals surface area contributed by atoms with E-state index < -0.39 is 0 Å². The minimum atomic E-state index is 1.30. The van der Waals surface area contributed by atoms with Crippen LogP contribution in [0.15, 0.2) is 84.9 Å². The monoisotopic (exact) mass is 352 g/mol. The predicted molar refractivity (Wildman–Crippen MR) is 117 cm³/mol. The van der Waals surface area contributed by atoms with Crippen molar-refractivity contribution in [2.75, 3.05) is 0 Å². The average Bonchev–Trinajstić information content (AvgIpc) is 3.31. The predicted octanol–water partition coefficient (Wildman–Crippen LogP) is 5.23. The quantitative estimate of drug-likeness (QED) is 0.328. The molecule has 0 spiro atoms. The lowest BCUT2D eigenvalue weighted by atomic mass is 9.92. The van der Waals surface area contributed by atoms with Crippen molar-refractivity contribution < 1.29 is 0 Å². The van der Waals surface area contributed by atoms with Crippen LogP contribution in [0.2, 0.25) is 0 Å². The Bertz CT molecular complexity index is 1700. The Morgan fingerprint density at radius 3 is 2.18 bits per heavy atom. The van der Waals surface area contributed by atoms with E-state index in [4.69, 9.17) is 0 Å². The molecule has 0 aromatic heterocycles. The largest absolute Gasteiger partial charge is 0.0616 e. The molecular weight excluding hydrogens is 336 g/mol. The smallest absolute Gasteiger partial charge is 0.00197 e. The topological polar surface area (TPSA) is 0 Å². The molecule has 5 aromatic rings. The van der Waals surface area contributed by atoms with Gasteiger partial charge in [0.25, 0.3) is 0 Å². The van der Waals surface area contributed by atoms with Crippen LogP contribution in [-0.4, -0.2) is 0 Å². The van der Waals surface area contributed by atoms with Gasteiger partial charge in [-0.2, -0.15) is 0 Å². The molecule has 0 radical (unpaired) electrons. The first kappa shape index (κ1) is 14.4. The van der Waals surface area contributed by atoms with Crippen LogP contribution in [0.4, 0.5) is 0 Å². The van der Waals surface area contributed by atoms with E-state index in [1.807, 2.05) is 0 Å². The van der Waals surface area contributed by atoms with E-state index in [0.29, 0.717) is 0 Å². The second-order valence-corrected chi connectivity index (χ2v) is 7.79. The van der Waals surface area contributed by atoms with Gasteiger partial charge in [0.15, 0.2) is 0 Å². The summed E-state index contributed by atoms with van der Waals surface area (Å²) in [5, 5.41) is 10.7. The van der Waals surface area contributed by atoms with Crippen molar-refractivity contribution in [2.45, 2.75) is 0 Å². The molecule has 0 atom stereocenters. The van der Waals surface area contributed by atoms with Crippen molar-refractivity contribution in [2.24, 2.45) is 0 Å². The molecule has 0 heteroatoms. The lowest BCUT2D eigenvalue weighted by Gasteiger charge is -2.10. The normalized spacial score (nSPS) is 12.9. The molecule has 0 aliphatic heterocycles. The van der Waals surface area contributed by atoms with E-state index in [-0.39, 0.29) is 0 Å². The minimum absolute atomic E-state index is 1.30. The Kier molecular flexibility index (Phi) is 2.57. The van der Waals surface area contributed by atoms with Crippen LogP contribution in [0.25, 0.3) is 44.8 Å². The van der Waals surface area contributed by atoms with E-state index in [1.165, 1.54) is 64.7 Å². The standard InChI is InChI=1S/C28H16/c1-2-8-18-14-24-23(13-17(18)7-1)25-15-19-9-3-5-11-21(19)28(25)26-16-20-10-4-6-12-22(20)27(24)26/h1-16H. The molecule has 2 aliphatic rings. The lowest BCUT2D eigenvalue weighted by Crippen LogP contribution is -2.06. The number of benzene rings is 5. The summed E-state index contributed by atoms with van der Waals surface area (Å²) >= 11 is 0. The highest BCUT2D eigenvalue weighted by atomic mass is 14.2. The Morgan fingerprint density at radius 2 is 1.29 bits per heavy atom. The van der Waals surface area contributed by atoms with Gasteiger partial charge in [-0.15, -0.1) is 0 Å². The zero-order valence-corrected chi connectivity index (χ0v) is 15.2. The van der Waals surface area contributed by atoms with Crippen LogP contribution < -0.4 is 10.4 Å². The SMILES string of the molecule is C1=c2ccccc2=c2c1c1c(c3cc4ccccc4cc23)=Cc2ccccc2-1. The van der Waals surface area contributed by atoms with Crippen LogP contribution in [0.5, 0.6) is 0 Å².